The Morgan fingerprint density at radius 1 is 1.25 bits per heavy atom. The number of hydrogen-bond acceptors (Lipinski definition) is 4. The Morgan fingerprint density at radius 2 is 2.05 bits per heavy atom. The molecular formula is C13H11Cl2N5. The molecule has 0 bridgehead atoms. The Balaban J connectivity index is 2.27. The van der Waals surface area contributed by atoms with E-state index in [0.29, 0.717) is 22.4 Å². The number of fused-ring (bicyclic) bond motifs is 1. The number of nitrogens with two attached hydrogens (primary N) is 1. The molecule has 20 heavy (non-hydrogen) atoms. The number of rotatable bonds is 2. The van der Waals surface area contributed by atoms with Crippen LogP contribution in [0, 0.1) is 0 Å². The van der Waals surface area contributed by atoms with Crippen molar-refractivity contribution in [3.63, 3.8) is 0 Å². The minimum absolute atomic E-state index is 0.336. The smallest absolute Gasteiger partial charge is 0.138 e. The number of nitrogens with zero attached hydrogens (tertiary/aromatic N) is 4. The molecule has 5 nitrogen and oxygen atoms in total. The maximum absolute atomic E-state index is 6.24. The summed E-state index contributed by atoms with van der Waals surface area (Å²) in [6.45, 7) is 0. The number of aromatic nitrogens is 4. The van der Waals surface area contributed by atoms with Crippen LogP contribution in [0.1, 0.15) is 11.4 Å². The van der Waals surface area contributed by atoms with E-state index in [9.17, 15) is 0 Å². The van der Waals surface area contributed by atoms with Crippen molar-refractivity contribution in [1.29, 1.82) is 0 Å². The summed E-state index contributed by atoms with van der Waals surface area (Å²) in [6.07, 6.45) is 1.99. The molecule has 2 aromatic heterocycles. The number of aryl methyl sites for hydroxylation is 1. The first-order chi connectivity index (χ1) is 9.58. The van der Waals surface area contributed by atoms with Gasteiger partial charge >= 0.3 is 0 Å². The van der Waals surface area contributed by atoms with Gasteiger partial charge in [-0.2, -0.15) is 5.10 Å². The minimum atomic E-state index is 0.336. The molecule has 2 heterocycles. The number of pyridine rings is 1. The van der Waals surface area contributed by atoms with E-state index in [0.717, 1.165) is 22.2 Å². The van der Waals surface area contributed by atoms with Crippen molar-refractivity contribution in [3.8, 4) is 0 Å². The third-order valence-corrected chi connectivity index (χ3v) is 3.81. The summed E-state index contributed by atoms with van der Waals surface area (Å²) in [5.74, 6) is 0.778. The summed E-state index contributed by atoms with van der Waals surface area (Å²) in [5.41, 5.74) is 7.50. The van der Waals surface area contributed by atoms with E-state index < -0.39 is 0 Å². The normalized spacial score (nSPS) is 11.2. The largest absolute Gasteiger partial charge is 0.398 e. The van der Waals surface area contributed by atoms with Gasteiger partial charge in [-0.25, -0.2) is 9.97 Å². The van der Waals surface area contributed by atoms with Crippen LogP contribution in [0.3, 0.4) is 0 Å². The Hall–Kier alpha value is -1.85. The molecule has 0 radical (unpaired) electrons. The molecule has 0 spiro atoms. The summed E-state index contributed by atoms with van der Waals surface area (Å²) >= 11 is 12.4. The van der Waals surface area contributed by atoms with Crippen LogP contribution in [-0.2, 0) is 13.5 Å². The van der Waals surface area contributed by atoms with Crippen molar-refractivity contribution < 1.29 is 0 Å². The van der Waals surface area contributed by atoms with Crippen LogP contribution in [0.15, 0.2) is 24.5 Å². The van der Waals surface area contributed by atoms with Crippen molar-refractivity contribution in [2.75, 3.05) is 5.73 Å². The quantitative estimate of drug-likeness (QED) is 0.584. The highest BCUT2D eigenvalue weighted by Crippen LogP contribution is 2.34. The Bertz CT molecular complexity index is 797. The lowest BCUT2D eigenvalue weighted by atomic mass is 10.0. The van der Waals surface area contributed by atoms with Crippen LogP contribution in [0.5, 0.6) is 0 Å². The van der Waals surface area contributed by atoms with Gasteiger partial charge in [0.25, 0.3) is 0 Å². The lowest BCUT2D eigenvalue weighted by Crippen LogP contribution is -2.04. The van der Waals surface area contributed by atoms with E-state index >= 15 is 0 Å². The number of nitrogen functional groups attached to an aromatic ring is 1. The average Bonchev–Trinajstić information content (AvgIpc) is 2.80. The fourth-order valence-electron chi connectivity index (χ4n) is 2.20. The summed E-state index contributed by atoms with van der Waals surface area (Å²) < 4.78 is 1.69. The van der Waals surface area contributed by atoms with E-state index in [-0.39, 0.29) is 0 Å². The van der Waals surface area contributed by atoms with Crippen LogP contribution in [0.2, 0.25) is 10.3 Å². The molecule has 0 saturated carbocycles. The van der Waals surface area contributed by atoms with Gasteiger partial charge in [-0.15, -0.1) is 0 Å². The maximum Gasteiger partial charge on any atom is 0.138 e. The first-order valence-corrected chi connectivity index (χ1v) is 6.68. The van der Waals surface area contributed by atoms with Crippen LogP contribution < -0.4 is 5.73 Å². The van der Waals surface area contributed by atoms with Gasteiger partial charge in [-0.1, -0.05) is 35.3 Å². The molecule has 0 unspecified atom stereocenters. The zero-order valence-electron chi connectivity index (χ0n) is 10.6. The molecular weight excluding hydrogens is 297 g/mol. The van der Waals surface area contributed by atoms with Gasteiger partial charge in [0, 0.05) is 35.5 Å². The molecule has 2 N–H and O–H groups in total. The highest BCUT2D eigenvalue weighted by Gasteiger charge is 2.16. The minimum Gasteiger partial charge on any atom is -0.398 e. The fraction of sp³-hybridized carbons (Fsp3) is 0.154. The van der Waals surface area contributed by atoms with Crippen molar-refractivity contribution in [2.45, 2.75) is 6.42 Å². The van der Waals surface area contributed by atoms with Crippen LogP contribution >= 0.6 is 23.2 Å². The zero-order valence-corrected chi connectivity index (χ0v) is 12.2. The third-order valence-electron chi connectivity index (χ3n) is 3.21. The second-order valence-corrected chi connectivity index (χ2v) is 5.13. The Kier molecular flexibility index (Phi) is 3.23. The molecule has 1 aromatic carbocycles. The summed E-state index contributed by atoms with van der Waals surface area (Å²) in [4.78, 5) is 8.37. The standard InChI is InChI=1S/C13H11Cl2N5/c1-20-10(17-6-18-20)5-8-11-7(3-2-4-9(11)16)12(14)19-13(8)15/h2-4,6H,5,16H2,1H3. The Morgan fingerprint density at radius 3 is 2.75 bits per heavy atom. The SMILES string of the molecule is Cn1ncnc1Cc1c(Cl)nc(Cl)c2cccc(N)c12. The number of halogens is 2. The predicted molar refractivity (Wildman–Crippen MR) is 80.0 cm³/mol. The van der Waals surface area contributed by atoms with E-state index in [1.54, 1.807) is 4.68 Å². The molecule has 0 aliphatic rings. The third kappa shape index (κ3) is 2.09. The molecule has 0 aliphatic heterocycles. The van der Waals surface area contributed by atoms with Crippen LogP contribution in [-0.4, -0.2) is 19.7 Å². The monoisotopic (exact) mass is 307 g/mol. The van der Waals surface area contributed by atoms with Crippen molar-refractivity contribution >= 4 is 39.7 Å². The molecule has 0 amide bonds. The summed E-state index contributed by atoms with van der Waals surface area (Å²) in [6, 6.07) is 5.53. The van der Waals surface area contributed by atoms with Gasteiger partial charge in [0.05, 0.1) is 0 Å². The zero-order chi connectivity index (χ0) is 14.3. The molecule has 102 valence electrons. The van der Waals surface area contributed by atoms with Gasteiger partial charge in [-0.05, 0) is 6.07 Å². The number of hydrogen-bond donors (Lipinski definition) is 1. The Labute approximate surface area is 125 Å². The molecule has 0 aliphatic carbocycles. The number of benzene rings is 1. The van der Waals surface area contributed by atoms with E-state index in [2.05, 4.69) is 15.1 Å². The van der Waals surface area contributed by atoms with Crippen molar-refractivity contribution in [3.05, 3.63) is 46.2 Å². The molecule has 3 rings (SSSR count). The van der Waals surface area contributed by atoms with E-state index in [4.69, 9.17) is 28.9 Å². The van der Waals surface area contributed by atoms with E-state index in [1.807, 2.05) is 25.2 Å². The highest BCUT2D eigenvalue weighted by molar-refractivity contribution is 6.37. The molecule has 0 fully saturated rings. The number of anilines is 1. The first-order valence-electron chi connectivity index (χ1n) is 5.93. The highest BCUT2D eigenvalue weighted by atomic mass is 35.5. The maximum atomic E-state index is 6.24. The molecule has 0 atom stereocenters. The van der Waals surface area contributed by atoms with Gasteiger partial charge in [0.15, 0.2) is 0 Å². The van der Waals surface area contributed by atoms with Gasteiger partial charge in [-0.3, -0.25) is 4.68 Å². The summed E-state index contributed by atoms with van der Waals surface area (Å²) in [5, 5.41) is 6.34. The van der Waals surface area contributed by atoms with Crippen LogP contribution in [0.25, 0.3) is 10.8 Å². The average molecular weight is 308 g/mol. The lowest BCUT2D eigenvalue weighted by Gasteiger charge is -2.11. The molecule has 7 heteroatoms. The molecule has 0 saturated heterocycles. The second-order valence-electron chi connectivity index (χ2n) is 4.42. The van der Waals surface area contributed by atoms with E-state index in [1.165, 1.54) is 6.33 Å². The van der Waals surface area contributed by atoms with Crippen LogP contribution in [0.4, 0.5) is 5.69 Å². The van der Waals surface area contributed by atoms with Gasteiger partial charge < -0.3 is 5.73 Å². The van der Waals surface area contributed by atoms with Gasteiger partial charge in [0.2, 0.25) is 0 Å². The summed E-state index contributed by atoms with van der Waals surface area (Å²) in [7, 11) is 1.82. The van der Waals surface area contributed by atoms with Crippen molar-refractivity contribution in [2.24, 2.45) is 7.05 Å². The topological polar surface area (TPSA) is 69.6 Å². The first kappa shape index (κ1) is 13.1. The lowest BCUT2D eigenvalue weighted by molar-refractivity contribution is 0.717. The van der Waals surface area contributed by atoms with Crippen molar-refractivity contribution in [1.82, 2.24) is 19.7 Å². The predicted octanol–water partition coefficient (Wildman–Crippen LogP) is 2.84. The molecule has 3 aromatic rings. The second kappa shape index (κ2) is 4.92. The fourth-order valence-corrected chi connectivity index (χ4v) is 2.73. The van der Waals surface area contributed by atoms with Gasteiger partial charge in [0.1, 0.15) is 22.5 Å².